The Kier molecular flexibility index (Phi) is 11.8. The average Bonchev–Trinajstić information content (AvgIpc) is 3.25. The van der Waals surface area contributed by atoms with Crippen LogP contribution in [0.2, 0.25) is 18.1 Å². The van der Waals surface area contributed by atoms with Gasteiger partial charge >= 0.3 is 12.1 Å². The van der Waals surface area contributed by atoms with Crippen LogP contribution in [0.5, 0.6) is 5.75 Å². The molecular weight excluding hydrogens is 554 g/mol. The molecule has 0 bridgehead atoms. The number of aliphatic hydroxyl groups is 1. The molecule has 0 aliphatic heterocycles. The molecule has 236 valence electrons. The molecule has 0 fully saturated rings. The van der Waals surface area contributed by atoms with Crippen molar-refractivity contribution in [2.75, 3.05) is 13.2 Å². The van der Waals surface area contributed by atoms with Crippen LogP contribution >= 0.6 is 0 Å². The van der Waals surface area contributed by atoms with Crippen molar-refractivity contribution in [1.82, 2.24) is 15.1 Å². The highest BCUT2D eigenvalue weighted by Gasteiger charge is 2.42. The molecule has 2 N–H and O–H groups in total. The Morgan fingerprint density at radius 1 is 0.976 bits per heavy atom. The van der Waals surface area contributed by atoms with Crippen molar-refractivity contribution in [3.05, 3.63) is 36.0 Å². The van der Waals surface area contributed by atoms with Gasteiger partial charge in [0.25, 0.3) is 0 Å². The van der Waals surface area contributed by atoms with Gasteiger partial charge in [0.1, 0.15) is 23.6 Å². The number of nitrogens with one attached hydrogen (secondary N) is 1. The molecule has 0 aliphatic carbocycles. The fraction of sp³-hybridized carbons (Fsp3) is 0.645. The minimum atomic E-state index is -2.27. The predicted molar refractivity (Wildman–Crippen MR) is 166 cm³/mol. The number of nitrogens with zero attached hydrogens (tertiary/aromatic N) is 2. The van der Waals surface area contributed by atoms with Crippen LogP contribution < -0.4 is 10.1 Å². The normalized spacial score (nSPS) is 13.4. The molecule has 1 unspecified atom stereocenters. The third-order valence-corrected chi connectivity index (χ3v) is 11.2. The maximum Gasteiger partial charge on any atom is 0.407 e. The van der Waals surface area contributed by atoms with Crippen LogP contribution in [0.25, 0.3) is 11.3 Å². The van der Waals surface area contributed by atoms with Crippen molar-refractivity contribution in [2.24, 2.45) is 0 Å². The molecule has 2 aromatic rings. The summed E-state index contributed by atoms with van der Waals surface area (Å²) in [5.41, 5.74) is 1.04. The zero-order valence-electron chi connectivity index (χ0n) is 27.3. The van der Waals surface area contributed by atoms with Crippen LogP contribution in [0, 0.1) is 0 Å². The number of carbonyl (C=O) groups is 2. The minimum Gasteiger partial charge on any atom is -0.490 e. The quantitative estimate of drug-likeness (QED) is 0.170. The average molecular weight is 606 g/mol. The first-order valence-electron chi connectivity index (χ1n) is 14.5. The number of esters is 1. The molecule has 42 heavy (non-hydrogen) atoms. The molecule has 1 amide bonds. The van der Waals surface area contributed by atoms with E-state index in [2.05, 4.69) is 44.3 Å². The summed E-state index contributed by atoms with van der Waals surface area (Å²) in [4.78, 5) is 24.9. The van der Waals surface area contributed by atoms with Crippen LogP contribution in [0.4, 0.5) is 4.79 Å². The van der Waals surface area contributed by atoms with Crippen molar-refractivity contribution >= 4 is 20.4 Å². The van der Waals surface area contributed by atoms with E-state index in [-0.39, 0.29) is 18.3 Å². The maximum absolute atomic E-state index is 13.0. The van der Waals surface area contributed by atoms with Crippen molar-refractivity contribution < 1.29 is 33.3 Å². The number of hydrogen-bond acceptors (Lipinski definition) is 8. The lowest BCUT2D eigenvalue weighted by atomic mass is 10.1. The highest BCUT2D eigenvalue weighted by molar-refractivity contribution is 6.74. The first-order valence-corrected chi connectivity index (χ1v) is 17.4. The number of aryl methyl sites for hydroxylation is 1. The molecule has 2 rings (SSSR count). The van der Waals surface area contributed by atoms with Gasteiger partial charge in [-0.15, -0.1) is 0 Å². The van der Waals surface area contributed by atoms with Crippen molar-refractivity contribution in [2.45, 2.75) is 117 Å². The van der Waals surface area contributed by atoms with Crippen molar-refractivity contribution in [1.29, 1.82) is 0 Å². The van der Waals surface area contributed by atoms with Gasteiger partial charge in [0.2, 0.25) is 0 Å². The van der Waals surface area contributed by atoms with Crippen LogP contribution in [-0.2, 0) is 31.8 Å². The lowest BCUT2D eigenvalue weighted by Crippen LogP contribution is -2.49. The third-order valence-electron chi connectivity index (χ3n) is 6.70. The van der Waals surface area contributed by atoms with Gasteiger partial charge in [-0.05, 0) is 96.4 Å². The minimum absolute atomic E-state index is 0.0292. The van der Waals surface area contributed by atoms with Gasteiger partial charge in [0.15, 0.2) is 14.4 Å². The van der Waals surface area contributed by atoms with Gasteiger partial charge in [-0.3, -0.25) is 4.68 Å². The van der Waals surface area contributed by atoms with E-state index in [9.17, 15) is 14.7 Å². The Hall–Kier alpha value is -2.89. The predicted octanol–water partition coefficient (Wildman–Crippen LogP) is 6.07. The van der Waals surface area contributed by atoms with Crippen molar-refractivity contribution in [3.63, 3.8) is 0 Å². The van der Waals surface area contributed by atoms with E-state index in [0.29, 0.717) is 36.6 Å². The summed E-state index contributed by atoms with van der Waals surface area (Å²) < 4.78 is 25.0. The highest BCUT2D eigenvalue weighted by Crippen LogP contribution is 2.37. The van der Waals surface area contributed by atoms with Crippen LogP contribution in [-0.4, -0.2) is 65.7 Å². The first kappa shape index (κ1) is 35.3. The summed E-state index contributed by atoms with van der Waals surface area (Å²) in [5, 5.41) is 17.1. The SMILES string of the molecule is CC(C)(C)OC(=O)NCCCn1nc(-c2ccc(OCC(O[Si](C)(C)C(C)(C)C)C(=O)OC(C)(C)C)cc2)cc1CO. The summed E-state index contributed by atoms with van der Waals surface area (Å²) in [6.07, 6.45) is -0.690. The van der Waals surface area contributed by atoms with Gasteiger partial charge in [0.05, 0.1) is 18.0 Å². The molecule has 0 saturated carbocycles. The molecule has 0 aliphatic rings. The number of hydrogen-bond donors (Lipinski definition) is 2. The highest BCUT2D eigenvalue weighted by atomic mass is 28.4. The zero-order valence-corrected chi connectivity index (χ0v) is 28.3. The Balaban J connectivity index is 2.06. The standard InChI is InChI=1S/C31H51N3O7Si/c1-29(2,3)39-27(36)26(41-42(10,11)31(7,8)9)21-38-24-15-13-22(14-16-24)25-19-23(20-35)34(33-25)18-12-17-32-28(37)40-30(4,5)6/h13-16,19,26,35H,12,17-18,20-21H2,1-11H3,(H,32,37). The second kappa shape index (κ2) is 14.1. The molecule has 0 radical (unpaired) electrons. The monoisotopic (exact) mass is 605 g/mol. The van der Waals surface area contributed by atoms with Crippen LogP contribution in [0.3, 0.4) is 0 Å². The lowest BCUT2D eigenvalue weighted by Gasteiger charge is -2.39. The van der Waals surface area contributed by atoms with E-state index in [1.54, 1.807) is 4.68 Å². The number of amides is 1. The summed E-state index contributed by atoms with van der Waals surface area (Å²) in [5.74, 6) is 0.147. The molecule has 0 spiro atoms. The van der Waals surface area contributed by atoms with Crippen molar-refractivity contribution in [3.8, 4) is 17.0 Å². The van der Waals surface area contributed by atoms with Gasteiger partial charge in [-0.1, -0.05) is 20.8 Å². The molecule has 1 heterocycles. The zero-order chi connectivity index (χ0) is 31.9. The fourth-order valence-electron chi connectivity index (χ4n) is 3.59. The number of benzene rings is 1. The smallest absolute Gasteiger partial charge is 0.407 e. The fourth-order valence-corrected chi connectivity index (χ4v) is 4.82. The maximum atomic E-state index is 13.0. The second-order valence-electron chi connectivity index (χ2n) is 13.9. The number of carbonyl (C=O) groups excluding carboxylic acids is 2. The lowest BCUT2D eigenvalue weighted by molar-refractivity contribution is -0.165. The third kappa shape index (κ3) is 11.4. The molecule has 1 aromatic heterocycles. The topological polar surface area (TPSA) is 121 Å². The molecule has 11 heteroatoms. The summed E-state index contributed by atoms with van der Waals surface area (Å²) in [6, 6.07) is 9.23. The van der Waals surface area contributed by atoms with Gasteiger partial charge < -0.3 is 29.1 Å². The summed E-state index contributed by atoms with van der Waals surface area (Å²) in [6.45, 7) is 22.3. The number of aliphatic hydroxyl groups excluding tert-OH is 1. The van der Waals surface area contributed by atoms with Crippen LogP contribution in [0.15, 0.2) is 30.3 Å². The van der Waals surface area contributed by atoms with Gasteiger partial charge in [-0.2, -0.15) is 5.10 Å². The summed E-state index contributed by atoms with van der Waals surface area (Å²) >= 11 is 0. The van der Waals surface area contributed by atoms with Gasteiger partial charge in [-0.25, -0.2) is 9.59 Å². The first-order chi connectivity index (χ1) is 19.2. The molecule has 1 aromatic carbocycles. The number of ether oxygens (including phenoxy) is 3. The van der Waals surface area contributed by atoms with Crippen LogP contribution in [0.1, 0.15) is 74.4 Å². The van der Waals surface area contributed by atoms with E-state index in [1.165, 1.54) is 0 Å². The second-order valence-corrected chi connectivity index (χ2v) is 18.7. The summed E-state index contributed by atoms with van der Waals surface area (Å²) in [7, 11) is -2.27. The Labute approximate surface area is 252 Å². The molecular formula is C31H51N3O7Si. The van der Waals surface area contributed by atoms with E-state index in [0.717, 1.165) is 5.56 Å². The van der Waals surface area contributed by atoms with E-state index < -0.39 is 37.7 Å². The number of rotatable bonds is 12. The Morgan fingerprint density at radius 3 is 2.10 bits per heavy atom. The van der Waals surface area contributed by atoms with E-state index in [1.807, 2.05) is 71.9 Å². The van der Waals surface area contributed by atoms with E-state index in [4.69, 9.17) is 18.6 Å². The van der Waals surface area contributed by atoms with Gasteiger partial charge in [0, 0.05) is 18.7 Å². The Bertz CT molecular complexity index is 1170. The largest absolute Gasteiger partial charge is 0.490 e. The molecule has 10 nitrogen and oxygen atoms in total. The number of aromatic nitrogens is 2. The number of alkyl carbamates (subject to hydrolysis) is 1. The van der Waals surface area contributed by atoms with E-state index >= 15 is 0 Å². The molecule has 1 atom stereocenters. The molecule has 0 saturated heterocycles. The Morgan fingerprint density at radius 2 is 1.57 bits per heavy atom.